The van der Waals surface area contributed by atoms with Crippen molar-refractivity contribution in [2.45, 2.75) is 18.2 Å². The Morgan fingerprint density at radius 1 is 1.53 bits per heavy atom. The first kappa shape index (κ1) is 13.9. The first-order valence-electron chi connectivity index (χ1n) is 5.92. The molecule has 102 valence electrons. The maximum atomic E-state index is 10.9. The maximum Gasteiger partial charge on any atom is 0.335 e. The van der Waals surface area contributed by atoms with Gasteiger partial charge in [-0.2, -0.15) is 11.8 Å². The van der Waals surface area contributed by atoms with E-state index in [1.807, 2.05) is 17.7 Å². The number of hydrogen-bond donors (Lipinski definition) is 2. The van der Waals surface area contributed by atoms with Crippen molar-refractivity contribution in [3.8, 4) is 0 Å². The van der Waals surface area contributed by atoms with Gasteiger partial charge in [0, 0.05) is 11.3 Å². The molecule has 0 aliphatic rings. The van der Waals surface area contributed by atoms with Gasteiger partial charge in [-0.05, 0) is 31.4 Å². The molecule has 19 heavy (non-hydrogen) atoms. The van der Waals surface area contributed by atoms with E-state index in [9.17, 15) is 9.90 Å². The molecule has 1 aromatic carbocycles. The molecule has 2 rings (SSSR count). The SMILES string of the molecule is CSC(CO)C(C)n1cnc2cc(C(=O)O)ccc21. The Morgan fingerprint density at radius 2 is 2.26 bits per heavy atom. The number of nitrogens with zero attached hydrogens (tertiary/aromatic N) is 2. The summed E-state index contributed by atoms with van der Waals surface area (Å²) in [6.45, 7) is 2.11. The van der Waals surface area contributed by atoms with Crippen molar-refractivity contribution < 1.29 is 15.0 Å². The molecule has 5 nitrogen and oxygen atoms in total. The van der Waals surface area contributed by atoms with E-state index in [1.54, 1.807) is 36.3 Å². The van der Waals surface area contributed by atoms with Crippen LogP contribution >= 0.6 is 11.8 Å². The number of fused-ring (bicyclic) bond motifs is 1. The van der Waals surface area contributed by atoms with Crippen molar-refractivity contribution in [1.82, 2.24) is 9.55 Å². The predicted molar refractivity (Wildman–Crippen MR) is 75.8 cm³/mol. The molecular weight excluding hydrogens is 264 g/mol. The van der Waals surface area contributed by atoms with Crippen LogP contribution in [0.25, 0.3) is 11.0 Å². The molecule has 1 heterocycles. The van der Waals surface area contributed by atoms with Gasteiger partial charge >= 0.3 is 5.97 Å². The molecular formula is C13H16N2O3S. The summed E-state index contributed by atoms with van der Waals surface area (Å²) in [5.41, 5.74) is 1.77. The van der Waals surface area contributed by atoms with E-state index < -0.39 is 5.97 Å². The van der Waals surface area contributed by atoms with Crippen LogP contribution in [0.1, 0.15) is 23.3 Å². The van der Waals surface area contributed by atoms with Crippen LogP contribution in [0.4, 0.5) is 0 Å². The molecule has 2 N–H and O–H groups in total. The van der Waals surface area contributed by atoms with Crippen LogP contribution in [-0.4, -0.2) is 43.8 Å². The Labute approximate surface area is 115 Å². The van der Waals surface area contributed by atoms with Crippen molar-refractivity contribution in [2.24, 2.45) is 0 Å². The third-order valence-electron chi connectivity index (χ3n) is 3.28. The van der Waals surface area contributed by atoms with Gasteiger partial charge in [0.05, 0.1) is 29.5 Å². The number of hydrogen-bond acceptors (Lipinski definition) is 4. The van der Waals surface area contributed by atoms with Crippen LogP contribution in [0.5, 0.6) is 0 Å². The Morgan fingerprint density at radius 3 is 2.84 bits per heavy atom. The molecule has 0 amide bonds. The summed E-state index contributed by atoms with van der Waals surface area (Å²) in [5.74, 6) is -0.957. The molecule has 2 aromatic rings. The van der Waals surface area contributed by atoms with E-state index in [-0.39, 0.29) is 23.5 Å². The average molecular weight is 280 g/mol. The van der Waals surface area contributed by atoms with Gasteiger partial charge in [0.25, 0.3) is 0 Å². The number of carboxylic acid groups (broad SMARTS) is 1. The lowest BCUT2D eigenvalue weighted by molar-refractivity contribution is 0.0697. The minimum absolute atomic E-state index is 0.0801. The molecule has 1 aromatic heterocycles. The summed E-state index contributed by atoms with van der Waals surface area (Å²) < 4.78 is 1.97. The van der Waals surface area contributed by atoms with Crippen LogP contribution in [0.3, 0.4) is 0 Å². The van der Waals surface area contributed by atoms with E-state index in [1.165, 1.54) is 0 Å². The highest BCUT2D eigenvalue weighted by molar-refractivity contribution is 7.99. The second kappa shape index (κ2) is 5.63. The Balaban J connectivity index is 2.43. The summed E-state index contributed by atoms with van der Waals surface area (Å²) in [4.78, 5) is 15.2. The van der Waals surface area contributed by atoms with Gasteiger partial charge in [0.15, 0.2) is 0 Å². The molecule has 0 saturated carbocycles. The monoisotopic (exact) mass is 280 g/mol. The van der Waals surface area contributed by atoms with Crippen LogP contribution in [0.2, 0.25) is 0 Å². The quantitative estimate of drug-likeness (QED) is 0.876. The fourth-order valence-electron chi connectivity index (χ4n) is 2.09. The lowest BCUT2D eigenvalue weighted by Crippen LogP contribution is -2.21. The molecule has 6 heteroatoms. The first-order chi connectivity index (χ1) is 9.08. The van der Waals surface area contributed by atoms with E-state index in [0.717, 1.165) is 5.52 Å². The van der Waals surface area contributed by atoms with Crippen molar-refractivity contribution in [3.63, 3.8) is 0 Å². The maximum absolute atomic E-state index is 10.9. The summed E-state index contributed by atoms with van der Waals surface area (Å²) >= 11 is 1.60. The second-order valence-electron chi connectivity index (χ2n) is 4.36. The molecule has 2 unspecified atom stereocenters. The molecule has 0 aliphatic carbocycles. The number of carboxylic acids is 1. The fourth-order valence-corrected chi connectivity index (χ4v) is 2.77. The summed E-state index contributed by atoms with van der Waals surface area (Å²) in [5, 5.41) is 18.4. The van der Waals surface area contributed by atoms with Crippen LogP contribution in [0, 0.1) is 0 Å². The van der Waals surface area contributed by atoms with Gasteiger partial charge in [0.1, 0.15) is 0 Å². The normalized spacial score (nSPS) is 14.5. The smallest absolute Gasteiger partial charge is 0.335 e. The van der Waals surface area contributed by atoms with Crippen LogP contribution in [-0.2, 0) is 0 Å². The van der Waals surface area contributed by atoms with Gasteiger partial charge in [0.2, 0.25) is 0 Å². The van der Waals surface area contributed by atoms with Gasteiger partial charge in [-0.25, -0.2) is 9.78 Å². The van der Waals surface area contributed by atoms with E-state index in [4.69, 9.17) is 5.11 Å². The number of aliphatic hydroxyl groups is 1. The molecule has 0 fully saturated rings. The number of aromatic carboxylic acids is 1. The number of rotatable bonds is 5. The zero-order valence-electron chi connectivity index (χ0n) is 10.8. The lowest BCUT2D eigenvalue weighted by atomic mass is 10.2. The number of aromatic nitrogens is 2. The molecule has 0 spiro atoms. The first-order valence-corrected chi connectivity index (χ1v) is 7.20. The molecule has 0 aliphatic heterocycles. The highest BCUT2D eigenvalue weighted by atomic mass is 32.2. The highest BCUT2D eigenvalue weighted by Crippen LogP contribution is 2.26. The highest BCUT2D eigenvalue weighted by Gasteiger charge is 2.19. The largest absolute Gasteiger partial charge is 0.478 e. The van der Waals surface area contributed by atoms with E-state index in [0.29, 0.717) is 5.52 Å². The van der Waals surface area contributed by atoms with Crippen LogP contribution in [0.15, 0.2) is 24.5 Å². The van der Waals surface area contributed by atoms with Crippen molar-refractivity contribution in [2.75, 3.05) is 12.9 Å². The van der Waals surface area contributed by atoms with Crippen molar-refractivity contribution in [3.05, 3.63) is 30.1 Å². The standard InChI is InChI=1S/C13H16N2O3S/c1-8(12(6-16)19-2)15-7-14-10-5-9(13(17)18)3-4-11(10)15/h3-5,7-8,12,16H,6H2,1-2H3,(H,17,18). The third kappa shape index (κ3) is 2.59. The Hall–Kier alpha value is -1.53. The van der Waals surface area contributed by atoms with Crippen molar-refractivity contribution in [1.29, 1.82) is 0 Å². The number of aliphatic hydroxyl groups excluding tert-OH is 1. The van der Waals surface area contributed by atoms with E-state index >= 15 is 0 Å². The van der Waals surface area contributed by atoms with E-state index in [2.05, 4.69) is 4.98 Å². The van der Waals surface area contributed by atoms with Crippen molar-refractivity contribution >= 4 is 28.8 Å². The number of benzene rings is 1. The second-order valence-corrected chi connectivity index (χ2v) is 5.43. The van der Waals surface area contributed by atoms with Gasteiger partial charge < -0.3 is 14.8 Å². The topological polar surface area (TPSA) is 75.3 Å². The van der Waals surface area contributed by atoms with Gasteiger partial charge in [-0.15, -0.1) is 0 Å². The predicted octanol–water partition coefficient (Wildman–Crippen LogP) is 2.02. The Kier molecular flexibility index (Phi) is 4.11. The number of thioether (sulfide) groups is 1. The lowest BCUT2D eigenvalue weighted by Gasteiger charge is -2.22. The summed E-state index contributed by atoms with van der Waals surface area (Å²) in [6.07, 6.45) is 3.65. The zero-order valence-corrected chi connectivity index (χ0v) is 11.6. The molecule has 2 atom stereocenters. The summed E-state index contributed by atoms with van der Waals surface area (Å²) in [7, 11) is 0. The van der Waals surface area contributed by atoms with Gasteiger partial charge in [-0.3, -0.25) is 0 Å². The molecule has 0 bridgehead atoms. The zero-order chi connectivity index (χ0) is 14.0. The molecule has 0 saturated heterocycles. The fraction of sp³-hybridized carbons (Fsp3) is 0.385. The third-order valence-corrected chi connectivity index (χ3v) is 4.43. The molecule has 0 radical (unpaired) electrons. The Bertz CT molecular complexity index is 593. The summed E-state index contributed by atoms with van der Waals surface area (Å²) in [6, 6.07) is 4.98. The number of imidazole rings is 1. The average Bonchev–Trinajstić information content (AvgIpc) is 2.82. The minimum atomic E-state index is -0.957. The number of carbonyl (C=O) groups is 1. The van der Waals surface area contributed by atoms with Crippen LogP contribution < -0.4 is 0 Å². The van der Waals surface area contributed by atoms with Gasteiger partial charge in [-0.1, -0.05) is 0 Å². The minimum Gasteiger partial charge on any atom is -0.478 e.